The van der Waals surface area contributed by atoms with E-state index in [2.05, 4.69) is 44.6 Å². The molecule has 8 heteroatoms. The first kappa shape index (κ1) is 25.5. The van der Waals surface area contributed by atoms with E-state index in [0.717, 1.165) is 9.13 Å². The van der Waals surface area contributed by atoms with Gasteiger partial charge in [-0.25, -0.2) is 0 Å². The zero-order chi connectivity index (χ0) is 25.5. The third-order valence-corrected chi connectivity index (χ3v) is 7.27. The second kappa shape index (κ2) is 11.9. The number of nitriles is 1. The Morgan fingerprint density at radius 1 is 0.944 bits per heavy atom. The summed E-state index contributed by atoms with van der Waals surface area (Å²) < 4.78 is 1.08. The van der Waals surface area contributed by atoms with Crippen LogP contribution in [-0.4, -0.2) is 17.6 Å². The smallest absolute Gasteiger partial charge is 0.254 e. The molecule has 0 aromatic heterocycles. The summed E-state index contributed by atoms with van der Waals surface area (Å²) in [6.45, 7) is 1.82. The van der Waals surface area contributed by atoms with Gasteiger partial charge >= 0.3 is 0 Å². The quantitative estimate of drug-likeness (QED) is 0.287. The Morgan fingerprint density at radius 3 is 2.19 bits per heavy atom. The number of carbonyl (C=O) groups excluding carboxylic acids is 2. The summed E-state index contributed by atoms with van der Waals surface area (Å²) in [5, 5.41) is 19.8. The molecule has 1 unspecified atom stereocenters. The monoisotopic (exact) mass is 606 g/mol. The number of benzene rings is 3. The van der Waals surface area contributed by atoms with E-state index in [9.17, 15) is 14.9 Å². The van der Waals surface area contributed by atoms with Gasteiger partial charge in [0.1, 0.15) is 0 Å². The number of carbonyl (C=O) groups is 2. The third kappa shape index (κ3) is 6.17. The molecule has 0 radical (unpaired) electrons. The largest absolute Gasteiger partial charge is 0.353 e. The van der Waals surface area contributed by atoms with Crippen LogP contribution in [0.5, 0.6) is 0 Å². The van der Waals surface area contributed by atoms with Gasteiger partial charge < -0.3 is 16.0 Å². The molecule has 180 valence electrons. The Labute approximate surface area is 228 Å². The third-order valence-electron chi connectivity index (χ3n) is 5.53. The molecule has 2 amide bonds. The molecule has 1 aliphatic heterocycles. The van der Waals surface area contributed by atoms with E-state index in [1.165, 1.54) is 11.8 Å². The summed E-state index contributed by atoms with van der Waals surface area (Å²) in [6.07, 6.45) is 0. The number of anilines is 2. The Hall–Kier alpha value is -3.55. The van der Waals surface area contributed by atoms with Crippen molar-refractivity contribution in [2.75, 3.05) is 16.4 Å². The minimum atomic E-state index is -0.567. The number of halogens is 1. The van der Waals surface area contributed by atoms with Crippen LogP contribution in [0.25, 0.3) is 0 Å². The van der Waals surface area contributed by atoms with Gasteiger partial charge in [-0.1, -0.05) is 60.3 Å². The maximum atomic E-state index is 13.4. The number of hydrogen-bond donors (Lipinski definition) is 3. The standard InChI is InChI=1S/C28H23IN4O2S/c1-18-25(27(35)33-21-10-6-3-7-11-21)26(19-8-4-2-5-9-19)23(16-30)28(31-18)36-17-24(34)32-22-14-12-20(29)13-15-22/h2-15,26,31H,17H2,1H3,(H,32,34)(H,33,35). The number of thioether (sulfide) groups is 1. The van der Waals surface area contributed by atoms with Crippen molar-refractivity contribution < 1.29 is 9.59 Å². The van der Waals surface area contributed by atoms with E-state index in [4.69, 9.17) is 0 Å². The predicted octanol–water partition coefficient (Wildman–Crippen LogP) is 6.00. The molecule has 0 aliphatic carbocycles. The van der Waals surface area contributed by atoms with Crippen molar-refractivity contribution in [2.24, 2.45) is 0 Å². The normalized spacial score (nSPS) is 15.1. The highest BCUT2D eigenvalue weighted by molar-refractivity contribution is 14.1. The van der Waals surface area contributed by atoms with Crippen LogP contribution in [0.1, 0.15) is 18.4 Å². The summed E-state index contributed by atoms with van der Waals surface area (Å²) in [5.74, 6) is -0.922. The first-order valence-corrected chi connectivity index (χ1v) is 13.2. The van der Waals surface area contributed by atoms with Crippen molar-refractivity contribution in [1.29, 1.82) is 5.26 Å². The molecule has 4 rings (SSSR count). The maximum absolute atomic E-state index is 13.4. The zero-order valence-electron chi connectivity index (χ0n) is 19.4. The van der Waals surface area contributed by atoms with Gasteiger partial charge in [0.25, 0.3) is 5.91 Å². The SMILES string of the molecule is CC1=C(C(=O)Nc2ccccc2)C(c2ccccc2)C(C#N)=C(SCC(=O)Nc2ccc(I)cc2)N1. The van der Waals surface area contributed by atoms with Crippen LogP contribution in [0.4, 0.5) is 11.4 Å². The van der Waals surface area contributed by atoms with Gasteiger partial charge in [-0.05, 0) is 71.5 Å². The fourth-order valence-corrected chi connectivity index (χ4v) is 5.15. The average Bonchev–Trinajstić information content (AvgIpc) is 2.89. The van der Waals surface area contributed by atoms with Crippen molar-refractivity contribution in [1.82, 2.24) is 5.32 Å². The summed E-state index contributed by atoms with van der Waals surface area (Å²) >= 11 is 3.46. The number of para-hydroxylation sites is 1. The summed E-state index contributed by atoms with van der Waals surface area (Å²) in [6, 6.07) is 28.5. The molecular weight excluding hydrogens is 583 g/mol. The Morgan fingerprint density at radius 2 is 1.56 bits per heavy atom. The number of hydrogen-bond acceptors (Lipinski definition) is 5. The van der Waals surface area contributed by atoms with Crippen molar-refractivity contribution in [3.8, 4) is 6.07 Å². The number of amides is 2. The molecular formula is C28H23IN4O2S. The number of dihydropyridines is 1. The van der Waals surface area contributed by atoms with E-state index in [1.807, 2.05) is 91.9 Å². The number of nitrogens with one attached hydrogen (secondary N) is 3. The Balaban J connectivity index is 1.60. The second-order valence-corrected chi connectivity index (χ2v) is 10.3. The lowest BCUT2D eigenvalue weighted by Crippen LogP contribution is -2.31. The molecule has 1 atom stereocenters. The highest BCUT2D eigenvalue weighted by atomic mass is 127. The van der Waals surface area contributed by atoms with E-state index < -0.39 is 5.92 Å². The molecule has 3 N–H and O–H groups in total. The average molecular weight is 606 g/mol. The van der Waals surface area contributed by atoms with Crippen LogP contribution in [0.3, 0.4) is 0 Å². The van der Waals surface area contributed by atoms with E-state index in [1.54, 1.807) is 0 Å². The van der Waals surface area contributed by atoms with Crippen LogP contribution in [0, 0.1) is 14.9 Å². The first-order chi connectivity index (χ1) is 17.5. The fraction of sp³-hybridized carbons (Fsp3) is 0.107. The van der Waals surface area contributed by atoms with Gasteiger partial charge in [0.15, 0.2) is 0 Å². The minimum absolute atomic E-state index is 0.111. The topological polar surface area (TPSA) is 94.0 Å². The molecule has 3 aromatic carbocycles. The highest BCUT2D eigenvalue weighted by Gasteiger charge is 2.34. The summed E-state index contributed by atoms with van der Waals surface area (Å²) in [7, 11) is 0. The number of rotatable bonds is 7. The van der Waals surface area contributed by atoms with Crippen molar-refractivity contribution in [3.63, 3.8) is 0 Å². The Bertz CT molecular complexity index is 1360. The molecule has 0 fully saturated rings. The molecule has 1 aliphatic rings. The van der Waals surface area contributed by atoms with Crippen LogP contribution < -0.4 is 16.0 Å². The van der Waals surface area contributed by atoms with E-state index in [0.29, 0.717) is 33.2 Å². The van der Waals surface area contributed by atoms with Crippen molar-refractivity contribution in [3.05, 3.63) is 116 Å². The van der Waals surface area contributed by atoms with Gasteiger partial charge in [0.05, 0.1) is 28.3 Å². The second-order valence-electron chi connectivity index (χ2n) is 8.03. The van der Waals surface area contributed by atoms with E-state index >= 15 is 0 Å². The molecule has 0 saturated heterocycles. The molecule has 3 aromatic rings. The lowest BCUT2D eigenvalue weighted by molar-refractivity contribution is -0.114. The van der Waals surface area contributed by atoms with Gasteiger partial charge in [0, 0.05) is 26.2 Å². The van der Waals surface area contributed by atoms with Gasteiger partial charge in [-0.15, -0.1) is 0 Å². The fourth-order valence-electron chi connectivity index (χ4n) is 3.89. The number of nitrogens with zero attached hydrogens (tertiary/aromatic N) is 1. The van der Waals surface area contributed by atoms with Gasteiger partial charge in [-0.2, -0.15) is 5.26 Å². The maximum Gasteiger partial charge on any atom is 0.254 e. The molecule has 0 bridgehead atoms. The van der Waals surface area contributed by atoms with E-state index in [-0.39, 0.29) is 17.6 Å². The van der Waals surface area contributed by atoms with Crippen LogP contribution in [0.2, 0.25) is 0 Å². The first-order valence-electron chi connectivity index (χ1n) is 11.2. The van der Waals surface area contributed by atoms with Crippen molar-refractivity contribution >= 4 is 57.5 Å². The molecule has 1 heterocycles. The number of allylic oxidation sites excluding steroid dienone is 2. The Kier molecular flexibility index (Phi) is 8.46. The summed E-state index contributed by atoms with van der Waals surface area (Å²) in [4.78, 5) is 26.0. The highest BCUT2D eigenvalue weighted by Crippen LogP contribution is 2.40. The predicted molar refractivity (Wildman–Crippen MR) is 153 cm³/mol. The molecule has 36 heavy (non-hydrogen) atoms. The van der Waals surface area contributed by atoms with Gasteiger partial charge in [0.2, 0.25) is 5.91 Å². The zero-order valence-corrected chi connectivity index (χ0v) is 22.4. The van der Waals surface area contributed by atoms with Gasteiger partial charge in [-0.3, -0.25) is 9.59 Å². The van der Waals surface area contributed by atoms with Crippen molar-refractivity contribution in [2.45, 2.75) is 12.8 Å². The molecule has 6 nitrogen and oxygen atoms in total. The molecule has 0 saturated carbocycles. The van der Waals surface area contributed by atoms with Crippen LogP contribution >= 0.6 is 34.4 Å². The lowest BCUT2D eigenvalue weighted by Gasteiger charge is -2.29. The lowest BCUT2D eigenvalue weighted by atomic mass is 9.82. The molecule has 0 spiro atoms. The van der Waals surface area contributed by atoms with Crippen LogP contribution in [-0.2, 0) is 9.59 Å². The summed E-state index contributed by atoms with van der Waals surface area (Å²) in [5.41, 5.74) is 3.72. The van der Waals surface area contributed by atoms with Crippen LogP contribution in [0.15, 0.2) is 107 Å². The minimum Gasteiger partial charge on any atom is -0.353 e.